The summed E-state index contributed by atoms with van der Waals surface area (Å²) in [5, 5.41) is 2.79. The van der Waals surface area contributed by atoms with Crippen molar-refractivity contribution in [1.82, 2.24) is 15.0 Å². The van der Waals surface area contributed by atoms with Gasteiger partial charge in [-0.15, -0.1) is 0 Å². The Labute approximate surface area is 228 Å². The fraction of sp³-hybridized carbons (Fsp3) is 0.219. The number of H-pyrrole nitrogens is 1. The molecule has 0 spiro atoms. The number of aromatic nitrogens is 3. The Morgan fingerprint density at radius 2 is 1.44 bits per heavy atom. The van der Waals surface area contributed by atoms with Crippen LogP contribution in [0.5, 0.6) is 0 Å². The van der Waals surface area contributed by atoms with Crippen LogP contribution in [0.2, 0.25) is 0 Å². The smallest absolute Gasteiger partial charge is 0.412 e. The van der Waals surface area contributed by atoms with Gasteiger partial charge in [0.05, 0.1) is 12.1 Å². The van der Waals surface area contributed by atoms with Gasteiger partial charge < -0.3 is 14.6 Å². The number of aromatic amines is 1. The first-order valence-corrected chi connectivity index (χ1v) is 13.4. The number of pyridine rings is 1. The van der Waals surface area contributed by atoms with Crippen LogP contribution in [0.25, 0.3) is 11.0 Å². The van der Waals surface area contributed by atoms with Crippen molar-refractivity contribution in [3.8, 4) is 0 Å². The maximum absolute atomic E-state index is 12.3. The summed E-state index contributed by atoms with van der Waals surface area (Å²) in [5.74, 6) is 2.03. The molecule has 5 rings (SSSR count). The zero-order chi connectivity index (χ0) is 26.9. The van der Waals surface area contributed by atoms with Crippen LogP contribution in [-0.4, -0.2) is 34.2 Å². The van der Waals surface area contributed by atoms with Gasteiger partial charge in [-0.3, -0.25) is 5.32 Å². The highest BCUT2D eigenvalue weighted by molar-refractivity contribution is 5.92. The second kappa shape index (κ2) is 12.7. The lowest BCUT2D eigenvalue weighted by Gasteiger charge is -2.25. The highest BCUT2D eigenvalue weighted by Crippen LogP contribution is 2.28. The van der Waals surface area contributed by atoms with E-state index in [0.717, 1.165) is 48.5 Å². The maximum atomic E-state index is 12.3. The Kier molecular flexibility index (Phi) is 8.48. The van der Waals surface area contributed by atoms with Crippen molar-refractivity contribution >= 4 is 28.8 Å². The van der Waals surface area contributed by atoms with Crippen molar-refractivity contribution in [3.63, 3.8) is 0 Å². The van der Waals surface area contributed by atoms with Crippen LogP contribution in [0.3, 0.4) is 0 Å². The minimum Gasteiger partial charge on any atom is -0.450 e. The Morgan fingerprint density at radius 1 is 0.821 bits per heavy atom. The Hall–Kier alpha value is -4.65. The average Bonchev–Trinajstić information content (AvgIpc) is 3.38. The summed E-state index contributed by atoms with van der Waals surface area (Å²) < 4.78 is 5.12. The van der Waals surface area contributed by atoms with Crippen LogP contribution < -0.4 is 10.2 Å². The molecular formula is C32H33N5O2. The fourth-order valence-corrected chi connectivity index (χ4v) is 4.60. The molecule has 7 nitrogen and oxygen atoms in total. The molecule has 3 aromatic carbocycles. The quantitative estimate of drug-likeness (QED) is 0.206. The number of benzene rings is 3. The molecular weight excluding hydrogens is 486 g/mol. The highest BCUT2D eigenvalue weighted by Gasteiger charge is 2.19. The molecule has 0 saturated carbocycles. The van der Waals surface area contributed by atoms with Gasteiger partial charge >= 0.3 is 6.09 Å². The molecule has 198 valence electrons. The summed E-state index contributed by atoms with van der Waals surface area (Å²) in [5.41, 5.74) is 5.29. The number of nitrogens with one attached hydrogen (secondary N) is 2. The largest absolute Gasteiger partial charge is 0.450 e. The Balaban J connectivity index is 1.51. The van der Waals surface area contributed by atoms with Gasteiger partial charge in [-0.25, -0.2) is 14.8 Å². The van der Waals surface area contributed by atoms with Gasteiger partial charge in [0.2, 0.25) is 0 Å². The second-order valence-electron chi connectivity index (χ2n) is 9.38. The first-order chi connectivity index (χ1) is 19.2. The van der Waals surface area contributed by atoms with E-state index in [4.69, 9.17) is 14.7 Å². The molecule has 0 aliphatic heterocycles. The molecule has 0 fully saturated rings. The van der Waals surface area contributed by atoms with Crippen molar-refractivity contribution < 1.29 is 9.53 Å². The van der Waals surface area contributed by atoms with Crippen molar-refractivity contribution in [3.05, 3.63) is 120 Å². The number of carbonyl (C=O) groups excluding carboxylic acids is 1. The van der Waals surface area contributed by atoms with E-state index in [-0.39, 0.29) is 6.61 Å². The molecule has 2 aromatic heterocycles. The number of carbonyl (C=O) groups is 1. The lowest BCUT2D eigenvalue weighted by atomic mass is 10.1. The van der Waals surface area contributed by atoms with Crippen LogP contribution >= 0.6 is 0 Å². The third-order valence-corrected chi connectivity index (χ3v) is 6.53. The molecule has 0 atom stereocenters. The molecule has 0 aliphatic carbocycles. The number of amides is 1. The van der Waals surface area contributed by atoms with Crippen molar-refractivity contribution in [1.29, 1.82) is 0 Å². The zero-order valence-electron chi connectivity index (χ0n) is 22.1. The summed E-state index contributed by atoms with van der Waals surface area (Å²) in [7, 11) is 0. The molecule has 39 heavy (non-hydrogen) atoms. The average molecular weight is 520 g/mol. The predicted molar refractivity (Wildman–Crippen MR) is 156 cm³/mol. The number of imidazole rings is 1. The first kappa shape index (κ1) is 26.0. The summed E-state index contributed by atoms with van der Waals surface area (Å²) in [6.45, 7) is 3.45. The monoisotopic (exact) mass is 519 g/mol. The Bertz CT molecular complexity index is 1490. The number of hydrogen-bond acceptors (Lipinski definition) is 5. The van der Waals surface area contributed by atoms with E-state index in [9.17, 15) is 4.79 Å². The molecule has 1 amide bonds. The standard InChI is InChI=1S/C32H33N5O2/c1-2-39-32(38)36-29-22-27-30(34-28(33-27)19-18-24-12-6-3-7-13-24)31(35-29)37(23-26-16-10-5-11-17-26)21-20-25-14-8-4-9-15-25/h3-17,22H,2,18-21,23H2,1H3,(H,33,34)(H,35,36,38). The molecule has 0 bridgehead atoms. The molecule has 0 unspecified atom stereocenters. The normalized spacial score (nSPS) is 10.9. The van der Waals surface area contributed by atoms with E-state index in [1.54, 1.807) is 6.92 Å². The minimum absolute atomic E-state index is 0.284. The molecule has 0 aliphatic rings. The lowest BCUT2D eigenvalue weighted by molar-refractivity contribution is 0.168. The van der Waals surface area contributed by atoms with Crippen LogP contribution in [0, 0.1) is 0 Å². The zero-order valence-corrected chi connectivity index (χ0v) is 22.1. The van der Waals surface area contributed by atoms with Gasteiger partial charge in [0.15, 0.2) is 5.82 Å². The summed E-state index contributed by atoms with van der Waals surface area (Å²) >= 11 is 0. The molecule has 0 radical (unpaired) electrons. The number of hydrogen-bond donors (Lipinski definition) is 2. The minimum atomic E-state index is -0.530. The van der Waals surface area contributed by atoms with E-state index in [1.165, 1.54) is 16.7 Å². The van der Waals surface area contributed by atoms with Gasteiger partial charge in [-0.2, -0.15) is 0 Å². The summed E-state index contributed by atoms with van der Waals surface area (Å²) in [6, 6.07) is 33.0. The van der Waals surface area contributed by atoms with Gasteiger partial charge in [0.25, 0.3) is 0 Å². The molecule has 7 heteroatoms. The molecule has 5 aromatic rings. The van der Waals surface area contributed by atoms with Gasteiger partial charge in [0, 0.05) is 25.6 Å². The van der Waals surface area contributed by atoms with Crippen molar-refractivity contribution in [2.45, 2.75) is 32.7 Å². The Morgan fingerprint density at radius 3 is 2.08 bits per heavy atom. The van der Waals surface area contributed by atoms with Crippen LogP contribution in [0.15, 0.2) is 97.1 Å². The number of rotatable bonds is 11. The molecule has 0 saturated heterocycles. The van der Waals surface area contributed by atoms with E-state index >= 15 is 0 Å². The SMILES string of the molecule is CCOC(=O)Nc1cc2[nH]c(CCc3ccccc3)nc2c(N(CCc2ccccc2)Cc2ccccc2)n1. The van der Waals surface area contributed by atoms with Gasteiger partial charge in [0.1, 0.15) is 17.2 Å². The predicted octanol–water partition coefficient (Wildman–Crippen LogP) is 6.56. The number of aryl methyl sites for hydroxylation is 2. The third-order valence-electron chi connectivity index (χ3n) is 6.53. The van der Waals surface area contributed by atoms with Gasteiger partial charge in [-0.05, 0) is 36.5 Å². The topological polar surface area (TPSA) is 83.1 Å². The van der Waals surface area contributed by atoms with E-state index in [0.29, 0.717) is 12.4 Å². The van der Waals surface area contributed by atoms with Crippen molar-refractivity contribution in [2.75, 3.05) is 23.4 Å². The molecule has 2 N–H and O–H groups in total. The number of fused-ring (bicyclic) bond motifs is 1. The fourth-order valence-electron chi connectivity index (χ4n) is 4.60. The molecule has 2 heterocycles. The van der Waals surface area contributed by atoms with Crippen molar-refractivity contribution in [2.24, 2.45) is 0 Å². The van der Waals surface area contributed by atoms with Gasteiger partial charge in [-0.1, -0.05) is 91.0 Å². The maximum Gasteiger partial charge on any atom is 0.412 e. The highest BCUT2D eigenvalue weighted by atomic mass is 16.5. The van der Waals surface area contributed by atoms with E-state index < -0.39 is 6.09 Å². The summed E-state index contributed by atoms with van der Waals surface area (Å²) in [6.07, 6.45) is 1.95. The second-order valence-corrected chi connectivity index (χ2v) is 9.38. The number of anilines is 2. The number of ether oxygens (including phenoxy) is 1. The van der Waals surface area contributed by atoms with Crippen LogP contribution in [0.4, 0.5) is 16.4 Å². The third kappa shape index (κ3) is 7.02. The van der Waals surface area contributed by atoms with E-state index in [2.05, 4.69) is 75.9 Å². The first-order valence-electron chi connectivity index (χ1n) is 13.4. The summed E-state index contributed by atoms with van der Waals surface area (Å²) in [4.78, 5) is 27.9. The van der Waals surface area contributed by atoms with Crippen LogP contribution in [0.1, 0.15) is 29.4 Å². The lowest BCUT2D eigenvalue weighted by Crippen LogP contribution is -2.27. The van der Waals surface area contributed by atoms with E-state index in [1.807, 2.05) is 36.4 Å². The number of nitrogens with zero attached hydrogens (tertiary/aromatic N) is 3. The van der Waals surface area contributed by atoms with Crippen LogP contribution in [-0.2, 0) is 30.5 Å².